The molecule has 11 aromatic rings. The normalized spacial score (nSPS) is 12.3. The Morgan fingerprint density at radius 2 is 1.26 bits per heavy atom. The lowest BCUT2D eigenvalue weighted by atomic mass is 9.98. The van der Waals surface area contributed by atoms with Gasteiger partial charge < -0.3 is 4.98 Å². The average molecular weight is 617 g/mol. The van der Waals surface area contributed by atoms with Crippen LogP contribution in [0.5, 0.6) is 0 Å². The molecule has 7 aromatic carbocycles. The molecule has 0 radical (unpaired) electrons. The number of rotatable bonds is 2. The zero-order chi connectivity index (χ0) is 30.6. The molecule has 11 rings (SSSR count). The number of thiophene rings is 1. The van der Waals surface area contributed by atoms with Gasteiger partial charge in [0.2, 0.25) is 5.95 Å². The minimum Gasteiger partial charge on any atom is -0.354 e. The van der Waals surface area contributed by atoms with Gasteiger partial charge in [0.05, 0.1) is 22.2 Å². The Labute approximate surface area is 272 Å². The Hall–Kier alpha value is -6.04. The Morgan fingerprint density at radius 1 is 0.489 bits per heavy atom. The van der Waals surface area contributed by atoms with Crippen molar-refractivity contribution >= 4 is 96.8 Å². The first-order chi connectivity index (χ1) is 23.3. The van der Waals surface area contributed by atoms with Crippen molar-refractivity contribution in [3.05, 3.63) is 140 Å². The third kappa shape index (κ3) is 3.46. The summed E-state index contributed by atoms with van der Waals surface area (Å²) in [5.41, 5.74) is 7.38. The van der Waals surface area contributed by atoms with Gasteiger partial charge in [0.25, 0.3) is 0 Å². The van der Waals surface area contributed by atoms with Gasteiger partial charge in [0, 0.05) is 69.1 Å². The standard InChI is InChI=1S/C42H24N4S/c1-2-10-25(11-3-1)41-27-13-5-8-16-32(27)44-42(45-41)46-34-20-18-24-19-21-37-40(28-14-6-9-17-36(28)47-37)38(24)39(34)30-22-33-29(23-35(30)46)26-12-4-7-15-31(26)43-33/h1-23,43H. The molecule has 0 spiro atoms. The van der Waals surface area contributed by atoms with Gasteiger partial charge in [-0.15, -0.1) is 11.3 Å². The highest BCUT2D eigenvalue weighted by atomic mass is 32.1. The van der Waals surface area contributed by atoms with Crippen molar-refractivity contribution in [1.82, 2.24) is 19.5 Å². The van der Waals surface area contributed by atoms with E-state index in [2.05, 4.69) is 143 Å². The molecule has 0 aliphatic carbocycles. The summed E-state index contributed by atoms with van der Waals surface area (Å²) in [6, 6.07) is 49.9. The van der Waals surface area contributed by atoms with Crippen molar-refractivity contribution < 1.29 is 0 Å². The zero-order valence-electron chi connectivity index (χ0n) is 25.0. The maximum Gasteiger partial charge on any atom is 0.235 e. The summed E-state index contributed by atoms with van der Waals surface area (Å²) >= 11 is 1.86. The quantitative estimate of drug-likeness (QED) is 0.210. The Kier molecular flexibility index (Phi) is 4.96. The molecule has 4 aromatic heterocycles. The van der Waals surface area contributed by atoms with Crippen molar-refractivity contribution in [1.29, 1.82) is 0 Å². The molecule has 1 N–H and O–H groups in total. The molecule has 0 aliphatic heterocycles. The smallest absolute Gasteiger partial charge is 0.235 e. The maximum atomic E-state index is 5.37. The summed E-state index contributed by atoms with van der Waals surface area (Å²) in [4.78, 5) is 14.3. The van der Waals surface area contributed by atoms with Crippen LogP contribution in [0.25, 0.3) is 103 Å². The first-order valence-corrected chi connectivity index (χ1v) is 16.7. The molecular weight excluding hydrogens is 593 g/mol. The molecule has 4 nitrogen and oxygen atoms in total. The van der Waals surface area contributed by atoms with Crippen molar-refractivity contribution in [2.75, 3.05) is 0 Å². The van der Waals surface area contributed by atoms with E-state index in [-0.39, 0.29) is 0 Å². The topological polar surface area (TPSA) is 46.5 Å². The number of aromatic amines is 1. The molecule has 5 heteroatoms. The van der Waals surface area contributed by atoms with Gasteiger partial charge in [0.1, 0.15) is 0 Å². The van der Waals surface area contributed by atoms with E-state index in [4.69, 9.17) is 9.97 Å². The van der Waals surface area contributed by atoms with E-state index in [0.717, 1.165) is 44.2 Å². The summed E-state index contributed by atoms with van der Waals surface area (Å²) < 4.78 is 4.89. The van der Waals surface area contributed by atoms with Crippen LogP contribution in [0.3, 0.4) is 0 Å². The van der Waals surface area contributed by atoms with Crippen LogP contribution in [-0.2, 0) is 0 Å². The predicted octanol–water partition coefficient (Wildman–Crippen LogP) is 11.5. The van der Waals surface area contributed by atoms with Gasteiger partial charge in [-0.25, -0.2) is 9.97 Å². The highest BCUT2D eigenvalue weighted by Crippen LogP contribution is 2.45. The summed E-state index contributed by atoms with van der Waals surface area (Å²) in [7, 11) is 0. The largest absolute Gasteiger partial charge is 0.354 e. The number of benzene rings is 7. The monoisotopic (exact) mass is 616 g/mol. The van der Waals surface area contributed by atoms with E-state index in [1.165, 1.54) is 52.5 Å². The number of hydrogen-bond donors (Lipinski definition) is 1. The minimum atomic E-state index is 0.670. The molecule has 47 heavy (non-hydrogen) atoms. The van der Waals surface area contributed by atoms with E-state index in [0.29, 0.717) is 5.95 Å². The molecule has 0 unspecified atom stereocenters. The lowest BCUT2D eigenvalue weighted by molar-refractivity contribution is 1.01. The van der Waals surface area contributed by atoms with Crippen LogP contribution in [0, 0.1) is 0 Å². The van der Waals surface area contributed by atoms with Gasteiger partial charge in [-0.1, -0.05) is 97.1 Å². The summed E-state index contributed by atoms with van der Waals surface area (Å²) in [5.74, 6) is 0.670. The second kappa shape index (κ2) is 9.25. The van der Waals surface area contributed by atoms with Crippen molar-refractivity contribution in [2.45, 2.75) is 0 Å². The fourth-order valence-electron chi connectivity index (χ4n) is 7.68. The number of nitrogens with zero attached hydrogens (tertiary/aromatic N) is 3. The molecular formula is C42H24N4S. The summed E-state index contributed by atoms with van der Waals surface area (Å²) in [6.07, 6.45) is 0. The highest BCUT2D eigenvalue weighted by Gasteiger charge is 2.22. The van der Waals surface area contributed by atoms with Crippen LogP contribution >= 0.6 is 11.3 Å². The average Bonchev–Trinajstić information content (AvgIpc) is 3.79. The molecule has 0 atom stereocenters. The van der Waals surface area contributed by atoms with Crippen molar-refractivity contribution in [2.24, 2.45) is 0 Å². The predicted molar refractivity (Wildman–Crippen MR) is 199 cm³/mol. The Morgan fingerprint density at radius 3 is 2.17 bits per heavy atom. The van der Waals surface area contributed by atoms with Crippen LogP contribution in [0.4, 0.5) is 0 Å². The van der Waals surface area contributed by atoms with Gasteiger partial charge in [-0.3, -0.25) is 4.57 Å². The fraction of sp³-hybridized carbons (Fsp3) is 0. The maximum absolute atomic E-state index is 5.37. The first kappa shape index (κ1) is 25.2. The molecule has 4 heterocycles. The third-order valence-corrected chi connectivity index (χ3v) is 10.9. The van der Waals surface area contributed by atoms with Crippen molar-refractivity contribution in [3.8, 4) is 17.2 Å². The van der Waals surface area contributed by atoms with Gasteiger partial charge in [0.15, 0.2) is 0 Å². The van der Waals surface area contributed by atoms with Crippen LogP contribution in [0.2, 0.25) is 0 Å². The second-order valence-electron chi connectivity index (χ2n) is 12.3. The number of aromatic nitrogens is 4. The van der Waals surface area contributed by atoms with E-state index < -0.39 is 0 Å². The third-order valence-electron chi connectivity index (χ3n) is 9.71. The lowest BCUT2D eigenvalue weighted by Crippen LogP contribution is -2.03. The SMILES string of the molecule is c1ccc(-c2nc(-n3c4cc5c(cc4c4c6c(ccc7sc8ccccc8c76)ccc43)[nH]c3ccccc35)nc3ccccc23)cc1. The number of fused-ring (bicyclic) bond motifs is 13. The van der Waals surface area contributed by atoms with Crippen LogP contribution in [-0.4, -0.2) is 19.5 Å². The summed E-state index contributed by atoms with van der Waals surface area (Å²) in [5, 5.41) is 11.0. The highest BCUT2D eigenvalue weighted by molar-refractivity contribution is 7.26. The van der Waals surface area contributed by atoms with E-state index in [9.17, 15) is 0 Å². The molecule has 218 valence electrons. The van der Waals surface area contributed by atoms with Crippen LogP contribution < -0.4 is 0 Å². The number of nitrogens with one attached hydrogen (secondary N) is 1. The van der Waals surface area contributed by atoms with Gasteiger partial charge >= 0.3 is 0 Å². The molecule has 0 saturated heterocycles. The van der Waals surface area contributed by atoms with Gasteiger partial charge in [-0.2, -0.15) is 0 Å². The Bertz CT molecular complexity index is 3070. The van der Waals surface area contributed by atoms with Crippen LogP contribution in [0.15, 0.2) is 140 Å². The van der Waals surface area contributed by atoms with Crippen molar-refractivity contribution in [3.63, 3.8) is 0 Å². The second-order valence-corrected chi connectivity index (χ2v) is 13.4. The van der Waals surface area contributed by atoms with E-state index in [1.807, 2.05) is 17.4 Å². The van der Waals surface area contributed by atoms with E-state index >= 15 is 0 Å². The Balaban J connectivity index is 1.37. The zero-order valence-corrected chi connectivity index (χ0v) is 25.8. The minimum absolute atomic E-state index is 0.670. The molecule has 0 saturated carbocycles. The number of para-hydroxylation sites is 2. The molecule has 0 fully saturated rings. The lowest BCUT2D eigenvalue weighted by Gasteiger charge is -2.12. The first-order valence-electron chi connectivity index (χ1n) is 15.8. The number of H-pyrrole nitrogens is 1. The van der Waals surface area contributed by atoms with Gasteiger partial charge in [-0.05, 0) is 47.9 Å². The van der Waals surface area contributed by atoms with E-state index in [1.54, 1.807) is 0 Å². The fourth-order valence-corrected chi connectivity index (χ4v) is 8.79. The molecule has 0 bridgehead atoms. The number of hydrogen-bond acceptors (Lipinski definition) is 3. The molecule has 0 amide bonds. The van der Waals surface area contributed by atoms with Crippen LogP contribution in [0.1, 0.15) is 0 Å². The molecule has 0 aliphatic rings. The summed E-state index contributed by atoms with van der Waals surface area (Å²) in [6.45, 7) is 0.